The van der Waals surface area contributed by atoms with Gasteiger partial charge in [-0.25, -0.2) is 4.79 Å². The lowest BCUT2D eigenvalue weighted by molar-refractivity contribution is 0.382. The van der Waals surface area contributed by atoms with Crippen LogP contribution in [0, 0.1) is 11.8 Å². The van der Waals surface area contributed by atoms with Crippen LogP contribution in [-0.4, -0.2) is 5.11 Å². The molecule has 0 radical (unpaired) electrons. The molecule has 0 bridgehead atoms. The summed E-state index contributed by atoms with van der Waals surface area (Å²) in [6.45, 7) is 0. The Morgan fingerprint density at radius 1 is 1.08 bits per heavy atom. The standard InChI is InChI=1S/C21H24O3/c22-18-13-17(12-14-6-4-5-7-14)24-21(23)20(18)19(16-10-11-16)15-8-2-1-3-9-15/h1-3,8-9,13-14,16,19,22H,4-7,10-12H2. The van der Waals surface area contributed by atoms with E-state index < -0.39 is 0 Å². The third-order valence-corrected chi connectivity index (χ3v) is 5.55. The van der Waals surface area contributed by atoms with Crippen molar-refractivity contribution in [2.45, 2.75) is 50.9 Å². The smallest absolute Gasteiger partial charge is 0.343 e. The highest BCUT2D eigenvalue weighted by Crippen LogP contribution is 2.47. The van der Waals surface area contributed by atoms with Crippen LogP contribution in [0.15, 0.2) is 45.6 Å². The third-order valence-electron chi connectivity index (χ3n) is 5.55. The maximum Gasteiger partial charge on any atom is 0.343 e. The van der Waals surface area contributed by atoms with Crippen molar-refractivity contribution in [3.8, 4) is 5.75 Å². The highest BCUT2D eigenvalue weighted by atomic mass is 16.4. The van der Waals surface area contributed by atoms with Gasteiger partial charge in [0.1, 0.15) is 11.5 Å². The van der Waals surface area contributed by atoms with E-state index >= 15 is 0 Å². The van der Waals surface area contributed by atoms with E-state index in [0.29, 0.717) is 23.2 Å². The number of aromatic hydroxyl groups is 1. The largest absolute Gasteiger partial charge is 0.507 e. The molecule has 2 aliphatic carbocycles. The Bertz CT molecular complexity index is 752. The molecule has 1 aromatic carbocycles. The van der Waals surface area contributed by atoms with E-state index in [1.165, 1.54) is 25.7 Å². The zero-order chi connectivity index (χ0) is 16.5. The highest BCUT2D eigenvalue weighted by molar-refractivity contribution is 5.41. The molecule has 0 saturated heterocycles. The molecular weight excluding hydrogens is 300 g/mol. The lowest BCUT2D eigenvalue weighted by Gasteiger charge is -2.18. The zero-order valence-corrected chi connectivity index (χ0v) is 13.9. The average Bonchev–Trinajstić information content (AvgIpc) is 3.28. The van der Waals surface area contributed by atoms with Crippen molar-refractivity contribution >= 4 is 0 Å². The van der Waals surface area contributed by atoms with E-state index in [9.17, 15) is 9.90 Å². The van der Waals surface area contributed by atoms with Gasteiger partial charge in [0.2, 0.25) is 0 Å². The van der Waals surface area contributed by atoms with Gasteiger partial charge in [-0.05, 0) is 30.2 Å². The van der Waals surface area contributed by atoms with Gasteiger partial charge in [-0.3, -0.25) is 0 Å². The van der Waals surface area contributed by atoms with Crippen molar-refractivity contribution in [2.24, 2.45) is 11.8 Å². The Morgan fingerprint density at radius 2 is 1.79 bits per heavy atom. The van der Waals surface area contributed by atoms with Crippen molar-refractivity contribution < 1.29 is 9.52 Å². The summed E-state index contributed by atoms with van der Waals surface area (Å²) in [5, 5.41) is 10.6. The van der Waals surface area contributed by atoms with Crippen LogP contribution in [0.4, 0.5) is 0 Å². The molecule has 0 spiro atoms. The van der Waals surface area contributed by atoms with Gasteiger partial charge in [0.15, 0.2) is 0 Å². The first-order valence-electron chi connectivity index (χ1n) is 9.13. The molecule has 2 aliphatic rings. The maximum atomic E-state index is 12.7. The normalized spacial score (nSPS) is 19.5. The van der Waals surface area contributed by atoms with Crippen LogP contribution in [0.1, 0.15) is 61.3 Å². The second-order valence-electron chi connectivity index (χ2n) is 7.38. The van der Waals surface area contributed by atoms with Crippen LogP contribution in [-0.2, 0) is 6.42 Å². The predicted octanol–water partition coefficient (Wildman–Crippen LogP) is 4.62. The number of hydrogen-bond donors (Lipinski definition) is 1. The molecular formula is C21H24O3. The summed E-state index contributed by atoms with van der Waals surface area (Å²) >= 11 is 0. The minimum absolute atomic E-state index is 0.0528. The number of rotatable bonds is 5. The van der Waals surface area contributed by atoms with Crippen molar-refractivity contribution in [2.75, 3.05) is 0 Å². The van der Waals surface area contributed by atoms with Gasteiger partial charge >= 0.3 is 5.63 Å². The van der Waals surface area contributed by atoms with E-state index in [-0.39, 0.29) is 17.3 Å². The summed E-state index contributed by atoms with van der Waals surface area (Å²) in [6.07, 6.45) is 7.88. The van der Waals surface area contributed by atoms with Crippen LogP contribution in [0.3, 0.4) is 0 Å². The minimum atomic E-state index is -0.358. The van der Waals surface area contributed by atoms with Crippen molar-refractivity contribution in [1.29, 1.82) is 0 Å². The quantitative estimate of drug-likeness (QED) is 0.873. The first kappa shape index (κ1) is 15.5. The fourth-order valence-electron chi connectivity index (χ4n) is 4.19. The van der Waals surface area contributed by atoms with E-state index in [4.69, 9.17) is 4.42 Å². The summed E-state index contributed by atoms with van der Waals surface area (Å²) in [7, 11) is 0. The summed E-state index contributed by atoms with van der Waals surface area (Å²) < 4.78 is 5.62. The van der Waals surface area contributed by atoms with Gasteiger partial charge in [-0.15, -0.1) is 0 Å². The minimum Gasteiger partial charge on any atom is -0.507 e. The monoisotopic (exact) mass is 324 g/mol. The molecule has 1 unspecified atom stereocenters. The van der Waals surface area contributed by atoms with Gasteiger partial charge in [0, 0.05) is 18.4 Å². The van der Waals surface area contributed by atoms with Crippen LogP contribution >= 0.6 is 0 Å². The van der Waals surface area contributed by atoms with Crippen LogP contribution in [0.5, 0.6) is 5.75 Å². The molecule has 1 heterocycles. The fourth-order valence-corrected chi connectivity index (χ4v) is 4.19. The highest BCUT2D eigenvalue weighted by Gasteiger charge is 2.37. The molecule has 4 rings (SSSR count). The molecule has 0 amide bonds. The molecule has 3 heteroatoms. The Kier molecular flexibility index (Phi) is 4.17. The molecule has 0 aliphatic heterocycles. The summed E-state index contributed by atoms with van der Waals surface area (Å²) in [6, 6.07) is 11.7. The maximum absolute atomic E-state index is 12.7. The third kappa shape index (κ3) is 3.12. The fraction of sp³-hybridized carbons (Fsp3) is 0.476. The Balaban J connectivity index is 1.67. The van der Waals surface area contributed by atoms with Crippen LogP contribution in [0.25, 0.3) is 0 Å². The van der Waals surface area contributed by atoms with Gasteiger partial charge in [-0.2, -0.15) is 0 Å². The van der Waals surface area contributed by atoms with Crippen LogP contribution < -0.4 is 5.63 Å². The molecule has 1 N–H and O–H groups in total. The topological polar surface area (TPSA) is 50.4 Å². The molecule has 2 aromatic rings. The molecule has 1 aromatic heterocycles. The molecule has 126 valence electrons. The Labute approximate surface area is 142 Å². The molecule has 24 heavy (non-hydrogen) atoms. The second-order valence-corrected chi connectivity index (χ2v) is 7.38. The number of hydrogen-bond acceptors (Lipinski definition) is 3. The second kappa shape index (κ2) is 6.46. The van der Waals surface area contributed by atoms with E-state index in [1.54, 1.807) is 6.07 Å². The van der Waals surface area contributed by atoms with Crippen molar-refractivity contribution in [3.05, 3.63) is 63.7 Å². The summed E-state index contributed by atoms with van der Waals surface area (Å²) in [5.41, 5.74) is 1.17. The molecule has 2 saturated carbocycles. The van der Waals surface area contributed by atoms with E-state index in [1.807, 2.05) is 30.3 Å². The molecule has 2 fully saturated rings. The summed E-state index contributed by atoms with van der Waals surface area (Å²) in [4.78, 5) is 12.7. The Morgan fingerprint density at radius 3 is 2.42 bits per heavy atom. The van der Waals surface area contributed by atoms with E-state index in [2.05, 4.69) is 0 Å². The van der Waals surface area contributed by atoms with Crippen LogP contribution in [0.2, 0.25) is 0 Å². The Hall–Kier alpha value is -2.03. The van der Waals surface area contributed by atoms with Crippen molar-refractivity contribution in [1.82, 2.24) is 0 Å². The predicted molar refractivity (Wildman–Crippen MR) is 93.3 cm³/mol. The first-order chi connectivity index (χ1) is 11.7. The SMILES string of the molecule is O=c1oc(CC2CCCC2)cc(O)c1C(c1ccccc1)C1CC1. The first-order valence-corrected chi connectivity index (χ1v) is 9.13. The van der Waals surface area contributed by atoms with Crippen molar-refractivity contribution in [3.63, 3.8) is 0 Å². The zero-order valence-electron chi connectivity index (χ0n) is 13.9. The van der Waals surface area contributed by atoms with Gasteiger partial charge in [0.05, 0.1) is 5.56 Å². The summed E-state index contributed by atoms with van der Waals surface area (Å²) in [5.74, 6) is 1.72. The lowest BCUT2D eigenvalue weighted by Crippen LogP contribution is -2.17. The van der Waals surface area contributed by atoms with Gasteiger partial charge in [0.25, 0.3) is 0 Å². The average molecular weight is 324 g/mol. The molecule has 3 nitrogen and oxygen atoms in total. The molecule has 1 atom stereocenters. The van der Waals surface area contributed by atoms with E-state index in [0.717, 1.165) is 24.8 Å². The van der Waals surface area contributed by atoms with Gasteiger partial charge in [-0.1, -0.05) is 56.0 Å². The number of benzene rings is 1. The van der Waals surface area contributed by atoms with Gasteiger partial charge < -0.3 is 9.52 Å². The lowest BCUT2D eigenvalue weighted by atomic mass is 9.87.